The predicted molar refractivity (Wildman–Crippen MR) is 155 cm³/mol. The predicted octanol–water partition coefficient (Wildman–Crippen LogP) is 11.3. The van der Waals surface area contributed by atoms with E-state index in [-0.39, 0.29) is 0 Å². The maximum absolute atomic E-state index is 2.36. The molecule has 0 aliphatic heterocycles. The van der Waals surface area contributed by atoms with Crippen molar-refractivity contribution in [2.45, 2.75) is 125 Å². The molecule has 0 atom stereocenters. The monoisotopic (exact) mass is 464 g/mol. The fraction of sp³-hybridized carbons (Fsp3) is 0.647. The van der Waals surface area contributed by atoms with E-state index in [1.54, 1.807) is 0 Å². The number of hydrogen-bond acceptors (Lipinski definition) is 0. The first-order valence-electron chi connectivity index (χ1n) is 14.6. The molecule has 192 valence electrons. The zero-order chi connectivity index (χ0) is 25.0. The summed E-state index contributed by atoms with van der Waals surface area (Å²) in [6, 6.07) is 21.0. The summed E-state index contributed by atoms with van der Waals surface area (Å²) in [4.78, 5) is 0. The first kappa shape index (κ1) is 30.5. The van der Waals surface area contributed by atoms with Crippen molar-refractivity contribution in [1.82, 2.24) is 0 Å². The van der Waals surface area contributed by atoms with Gasteiger partial charge in [0.1, 0.15) is 0 Å². The van der Waals surface area contributed by atoms with Gasteiger partial charge in [0.05, 0.1) is 0 Å². The summed E-state index contributed by atoms with van der Waals surface area (Å²) in [6.07, 6.45) is 17.5. The molecule has 0 heteroatoms. The lowest BCUT2D eigenvalue weighted by atomic mass is 9.82. The summed E-state index contributed by atoms with van der Waals surface area (Å²) in [6.45, 7) is 13.6. The van der Waals surface area contributed by atoms with Gasteiger partial charge in [-0.15, -0.1) is 0 Å². The first-order valence-corrected chi connectivity index (χ1v) is 14.6. The SMILES string of the molecule is CC(C)C1CCCCC1.CC(C)c1ccccc1.CCC1CCCCC1.CCc1ccccc1. The minimum atomic E-state index is 0.659. The van der Waals surface area contributed by atoms with Crippen molar-refractivity contribution < 1.29 is 0 Å². The van der Waals surface area contributed by atoms with Crippen molar-refractivity contribution in [3.63, 3.8) is 0 Å². The second-order valence-electron chi connectivity index (χ2n) is 11.0. The Morgan fingerprint density at radius 1 is 0.618 bits per heavy atom. The van der Waals surface area contributed by atoms with Crippen LogP contribution in [0.5, 0.6) is 0 Å². The molecule has 4 rings (SSSR count). The van der Waals surface area contributed by atoms with Gasteiger partial charge in [-0.2, -0.15) is 0 Å². The highest BCUT2D eigenvalue weighted by Crippen LogP contribution is 2.29. The van der Waals surface area contributed by atoms with Gasteiger partial charge < -0.3 is 0 Å². The quantitative estimate of drug-likeness (QED) is 0.422. The average molecular weight is 465 g/mol. The van der Waals surface area contributed by atoms with E-state index in [1.165, 1.54) is 81.8 Å². The van der Waals surface area contributed by atoms with Gasteiger partial charge in [0.15, 0.2) is 0 Å². The lowest BCUT2D eigenvalue weighted by Crippen LogP contribution is -2.12. The largest absolute Gasteiger partial charge is 0.0651 e. The van der Waals surface area contributed by atoms with E-state index in [0.717, 1.165) is 24.2 Å². The van der Waals surface area contributed by atoms with Gasteiger partial charge in [0.25, 0.3) is 0 Å². The molecule has 0 spiro atoms. The molecule has 2 fully saturated rings. The zero-order valence-electron chi connectivity index (χ0n) is 23.6. The highest BCUT2D eigenvalue weighted by molar-refractivity contribution is 5.17. The Morgan fingerprint density at radius 2 is 1.09 bits per heavy atom. The molecule has 0 radical (unpaired) electrons. The topological polar surface area (TPSA) is 0 Å². The minimum Gasteiger partial charge on any atom is -0.0651 e. The molecule has 0 amide bonds. The summed E-state index contributed by atoms with van der Waals surface area (Å²) in [5, 5.41) is 0. The Bertz CT molecular complexity index is 658. The molecule has 2 saturated carbocycles. The van der Waals surface area contributed by atoms with Crippen molar-refractivity contribution >= 4 is 0 Å². The normalized spacial score (nSPS) is 16.5. The summed E-state index contributed by atoms with van der Waals surface area (Å²) in [5.41, 5.74) is 2.82. The van der Waals surface area contributed by atoms with Gasteiger partial charge in [0.2, 0.25) is 0 Å². The fourth-order valence-electron chi connectivity index (χ4n) is 4.95. The van der Waals surface area contributed by atoms with Gasteiger partial charge in [0, 0.05) is 0 Å². The van der Waals surface area contributed by atoms with E-state index in [2.05, 4.69) is 90.1 Å². The molecule has 0 aromatic heterocycles. The summed E-state index contributed by atoms with van der Waals surface area (Å²) >= 11 is 0. The van der Waals surface area contributed by atoms with Gasteiger partial charge in [-0.1, -0.05) is 173 Å². The van der Waals surface area contributed by atoms with Crippen molar-refractivity contribution in [2.75, 3.05) is 0 Å². The van der Waals surface area contributed by atoms with Crippen molar-refractivity contribution in [3.05, 3.63) is 71.8 Å². The summed E-state index contributed by atoms with van der Waals surface area (Å²) in [7, 11) is 0. The molecule has 0 saturated heterocycles. The molecule has 0 bridgehead atoms. The minimum absolute atomic E-state index is 0.659. The fourth-order valence-corrected chi connectivity index (χ4v) is 4.95. The van der Waals surface area contributed by atoms with Gasteiger partial charge in [-0.05, 0) is 41.2 Å². The molecule has 0 N–H and O–H groups in total. The van der Waals surface area contributed by atoms with Crippen LogP contribution in [0.3, 0.4) is 0 Å². The number of rotatable bonds is 4. The number of hydrogen-bond donors (Lipinski definition) is 0. The molecule has 2 aromatic carbocycles. The lowest BCUT2D eigenvalue weighted by Gasteiger charge is -2.24. The summed E-state index contributed by atoms with van der Waals surface area (Å²) < 4.78 is 0. The second-order valence-corrected chi connectivity index (χ2v) is 11.0. The van der Waals surface area contributed by atoms with Crippen LogP contribution in [0.2, 0.25) is 0 Å². The maximum Gasteiger partial charge on any atom is -0.0219 e. The Kier molecular flexibility index (Phi) is 17.7. The number of benzene rings is 2. The Balaban J connectivity index is 0.000000227. The van der Waals surface area contributed by atoms with Crippen molar-refractivity contribution in [1.29, 1.82) is 0 Å². The molecule has 2 aliphatic carbocycles. The standard InChI is InChI=1S/C9H18.C9H12.C8H16.C8H10/c2*1-8(2)9-6-4-3-5-7-9;2*1-2-8-6-4-3-5-7-8/h8-9H,3-7H2,1-2H3;3-8H,1-2H3;8H,2-7H2,1H3;3-7H,2H2,1H3. The summed E-state index contributed by atoms with van der Waals surface area (Å²) in [5.74, 6) is 3.74. The number of aryl methyl sites for hydroxylation is 1. The van der Waals surface area contributed by atoms with Crippen molar-refractivity contribution in [3.8, 4) is 0 Å². The van der Waals surface area contributed by atoms with E-state index >= 15 is 0 Å². The first-order chi connectivity index (χ1) is 16.5. The lowest BCUT2D eigenvalue weighted by molar-refractivity contribution is 0.279. The highest BCUT2D eigenvalue weighted by Gasteiger charge is 2.15. The Hall–Kier alpha value is -1.56. The molecular weight excluding hydrogens is 408 g/mol. The molecular formula is C34H56. The molecule has 0 heterocycles. The van der Waals surface area contributed by atoms with Crippen LogP contribution >= 0.6 is 0 Å². The van der Waals surface area contributed by atoms with Gasteiger partial charge >= 0.3 is 0 Å². The van der Waals surface area contributed by atoms with Crippen LogP contribution in [0, 0.1) is 17.8 Å². The van der Waals surface area contributed by atoms with Crippen LogP contribution in [-0.2, 0) is 6.42 Å². The van der Waals surface area contributed by atoms with Crippen LogP contribution < -0.4 is 0 Å². The Morgan fingerprint density at radius 3 is 1.38 bits per heavy atom. The molecule has 2 aromatic rings. The van der Waals surface area contributed by atoms with E-state index in [4.69, 9.17) is 0 Å². The molecule has 2 aliphatic rings. The zero-order valence-corrected chi connectivity index (χ0v) is 23.6. The van der Waals surface area contributed by atoms with E-state index in [1.807, 2.05) is 12.1 Å². The van der Waals surface area contributed by atoms with Crippen LogP contribution in [0.15, 0.2) is 60.7 Å². The van der Waals surface area contributed by atoms with Crippen molar-refractivity contribution in [2.24, 2.45) is 17.8 Å². The molecule has 34 heavy (non-hydrogen) atoms. The maximum atomic E-state index is 2.36. The van der Waals surface area contributed by atoms with Crippen LogP contribution in [0.4, 0.5) is 0 Å². The third-order valence-electron chi connectivity index (χ3n) is 7.61. The smallest absolute Gasteiger partial charge is 0.0219 e. The van der Waals surface area contributed by atoms with Gasteiger partial charge in [-0.3, -0.25) is 0 Å². The molecule has 0 unspecified atom stereocenters. The third-order valence-corrected chi connectivity index (χ3v) is 7.61. The van der Waals surface area contributed by atoms with Crippen LogP contribution in [0.1, 0.15) is 129 Å². The second kappa shape index (κ2) is 19.7. The molecule has 0 nitrogen and oxygen atoms in total. The van der Waals surface area contributed by atoms with Crippen LogP contribution in [-0.4, -0.2) is 0 Å². The van der Waals surface area contributed by atoms with E-state index < -0.39 is 0 Å². The highest BCUT2D eigenvalue weighted by atomic mass is 14.2. The van der Waals surface area contributed by atoms with E-state index in [0.29, 0.717) is 5.92 Å². The third kappa shape index (κ3) is 14.6. The average Bonchev–Trinajstić information content (AvgIpc) is 2.91. The van der Waals surface area contributed by atoms with Gasteiger partial charge in [-0.25, -0.2) is 0 Å². The van der Waals surface area contributed by atoms with E-state index in [9.17, 15) is 0 Å². The van der Waals surface area contributed by atoms with Crippen LogP contribution in [0.25, 0.3) is 0 Å². The Labute approximate surface area is 214 Å².